The Labute approximate surface area is 244 Å². The van der Waals surface area contributed by atoms with Crippen LogP contribution >= 0.6 is 11.3 Å². The molecule has 1 saturated carbocycles. The second-order valence-electron chi connectivity index (χ2n) is 11.2. The number of carbonyl (C=O) groups excluding carboxylic acids is 1. The Balaban J connectivity index is 1.24. The van der Waals surface area contributed by atoms with Crippen molar-refractivity contribution < 1.29 is 23.9 Å². The van der Waals surface area contributed by atoms with Gasteiger partial charge in [0.2, 0.25) is 11.5 Å². The third kappa shape index (κ3) is 6.12. The molecule has 3 heterocycles. The summed E-state index contributed by atoms with van der Waals surface area (Å²) >= 11 is 1.47. The van der Waals surface area contributed by atoms with Gasteiger partial charge in [0.05, 0.1) is 11.6 Å². The third-order valence-corrected chi connectivity index (χ3v) is 9.41. The van der Waals surface area contributed by atoms with Gasteiger partial charge in [-0.1, -0.05) is 6.42 Å². The van der Waals surface area contributed by atoms with Crippen LogP contribution in [0, 0.1) is 0 Å². The van der Waals surface area contributed by atoms with Crippen molar-refractivity contribution in [3.05, 3.63) is 59.9 Å². The average molecular weight is 576 g/mol. The van der Waals surface area contributed by atoms with E-state index < -0.39 is 0 Å². The average Bonchev–Trinajstić information content (AvgIpc) is 3.74. The normalized spacial score (nSPS) is 19.7. The van der Waals surface area contributed by atoms with Crippen molar-refractivity contribution in [2.75, 3.05) is 40.3 Å². The van der Waals surface area contributed by atoms with Crippen molar-refractivity contribution >= 4 is 27.2 Å². The molecule has 0 amide bonds. The van der Waals surface area contributed by atoms with Crippen LogP contribution in [-0.2, 0) is 0 Å². The first-order valence-corrected chi connectivity index (χ1v) is 15.3. The van der Waals surface area contributed by atoms with Crippen LogP contribution in [0.5, 0.6) is 17.4 Å². The van der Waals surface area contributed by atoms with Gasteiger partial charge in [-0.2, -0.15) is 0 Å². The van der Waals surface area contributed by atoms with E-state index in [0.29, 0.717) is 24.1 Å². The summed E-state index contributed by atoms with van der Waals surface area (Å²) < 4.78 is 18.6. The molecule has 1 aliphatic heterocycles. The number of likely N-dealkylation sites (N-methyl/N-ethyl adjacent to an activating group) is 1. The highest BCUT2D eigenvalue weighted by Gasteiger charge is 2.30. The molecule has 4 aromatic rings. The number of rotatable bonds is 10. The molecule has 0 radical (unpaired) electrons. The predicted molar refractivity (Wildman–Crippen MR) is 160 cm³/mol. The van der Waals surface area contributed by atoms with Crippen LogP contribution in [0.4, 0.5) is 0 Å². The van der Waals surface area contributed by atoms with E-state index in [9.17, 15) is 9.90 Å². The SMILES string of the molecule is CN(C)[C@H]1CCCC[C@@H]1Oc1cc(C(=O)c2c(-c3ccc(OCCN4CCCC4)cc3)sc3cc(O)ccc23)on1. The lowest BCUT2D eigenvalue weighted by Gasteiger charge is -2.35. The molecule has 1 saturated heterocycles. The molecule has 1 N–H and O–H groups in total. The molecular weight excluding hydrogens is 538 g/mol. The van der Waals surface area contributed by atoms with Gasteiger partial charge in [0, 0.05) is 27.5 Å². The van der Waals surface area contributed by atoms with E-state index in [1.54, 1.807) is 24.3 Å². The molecule has 9 heteroatoms. The zero-order chi connectivity index (χ0) is 28.3. The van der Waals surface area contributed by atoms with Gasteiger partial charge >= 0.3 is 0 Å². The van der Waals surface area contributed by atoms with Crippen molar-refractivity contribution in [2.45, 2.75) is 50.7 Å². The Morgan fingerprint density at radius 3 is 2.63 bits per heavy atom. The summed E-state index contributed by atoms with van der Waals surface area (Å²) in [6.45, 7) is 3.88. The van der Waals surface area contributed by atoms with E-state index in [1.807, 2.05) is 24.3 Å². The number of phenolic OH excluding ortho intramolecular Hbond substituents is 1. The van der Waals surface area contributed by atoms with Gasteiger partial charge in [-0.05, 0) is 112 Å². The number of hydrogen-bond acceptors (Lipinski definition) is 9. The highest BCUT2D eigenvalue weighted by molar-refractivity contribution is 7.22. The molecule has 0 bridgehead atoms. The number of thiophene rings is 1. The molecule has 8 nitrogen and oxygen atoms in total. The van der Waals surface area contributed by atoms with Crippen LogP contribution in [0.25, 0.3) is 20.5 Å². The van der Waals surface area contributed by atoms with Crippen molar-refractivity contribution in [2.24, 2.45) is 0 Å². The van der Waals surface area contributed by atoms with Gasteiger partial charge in [0.25, 0.3) is 5.88 Å². The van der Waals surface area contributed by atoms with Gasteiger partial charge in [0.15, 0.2) is 0 Å². The van der Waals surface area contributed by atoms with E-state index in [-0.39, 0.29) is 23.4 Å². The van der Waals surface area contributed by atoms with Crippen molar-refractivity contribution in [1.82, 2.24) is 15.0 Å². The van der Waals surface area contributed by atoms with Crippen LogP contribution in [0.1, 0.15) is 54.6 Å². The van der Waals surface area contributed by atoms with Crippen molar-refractivity contribution in [1.29, 1.82) is 0 Å². The number of phenols is 1. The van der Waals surface area contributed by atoms with Crippen LogP contribution in [0.15, 0.2) is 53.1 Å². The molecule has 41 heavy (non-hydrogen) atoms. The fourth-order valence-electron chi connectivity index (χ4n) is 6.02. The van der Waals surface area contributed by atoms with Gasteiger partial charge in [-0.3, -0.25) is 9.69 Å². The highest BCUT2D eigenvalue weighted by atomic mass is 32.1. The first kappa shape index (κ1) is 27.8. The summed E-state index contributed by atoms with van der Waals surface area (Å²) in [5, 5.41) is 15.0. The standard InChI is InChI=1S/C32H37N3O5S/c1-34(2)25-7-3-4-8-26(25)39-29-20-27(40-33-29)31(37)30-24-14-11-22(36)19-28(24)41-32(30)21-9-12-23(13-10-21)38-18-17-35-15-5-6-16-35/h9-14,19-20,25-26,36H,3-8,15-18H2,1-2H3/t25-,26-/m0/s1. The number of ether oxygens (including phenoxy) is 2. The lowest BCUT2D eigenvalue weighted by molar-refractivity contribution is 0.0561. The number of ketones is 1. The summed E-state index contributed by atoms with van der Waals surface area (Å²) in [5.41, 5.74) is 1.42. The molecule has 1 aliphatic carbocycles. The van der Waals surface area contributed by atoms with Crippen LogP contribution in [-0.4, -0.2) is 78.3 Å². The number of fused-ring (bicyclic) bond motifs is 1. The largest absolute Gasteiger partial charge is 0.508 e. The summed E-state index contributed by atoms with van der Waals surface area (Å²) in [4.78, 5) is 19.4. The van der Waals surface area contributed by atoms with E-state index >= 15 is 0 Å². The minimum absolute atomic E-state index is 0.00315. The Morgan fingerprint density at radius 2 is 1.85 bits per heavy atom. The third-order valence-electron chi connectivity index (χ3n) is 8.21. The Hall–Kier alpha value is -3.40. The monoisotopic (exact) mass is 575 g/mol. The zero-order valence-corrected chi connectivity index (χ0v) is 24.5. The molecule has 2 fully saturated rings. The summed E-state index contributed by atoms with van der Waals surface area (Å²) in [6.07, 6.45) is 6.84. The second-order valence-corrected chi connectivity index (χ2v) is 12.3. The van der Waals surface area contributed by atoms with Gasteiger partial charge in [-0.15, -0.1) is 11.3 Å². The van der Waals surface area contributed by atoms with E-state index in [4.69, 9.17) is 14.0 Å². The molecule has 0 spiro atoms. The predicted octanol–water partition coefficient (Wildman–Crippen LogP) is 6.22. The first-order valence-electron chi connectivity index (χ1n) is 14.5. The minimum Gasteiger partial charge on any atom is -0.508 e. The molecule has 2 atom stereocenters. The number of carbonyl (C=O) groups is 1. The number of likely N-dealkylation sites (tertiary alicyclic amines) is 1. The van der Waals surface area contributed by atoms with Crippen molar-refractivity contribution in [3.8, 4) is 27.8 Å². The summed E-state index contributed by atoms with van der Waals surface area (Å²) in [5.74, 6) is 1.16. The zero-order valence-electron chi connectivity index (χ0n) is 23.7. The Bertz CT molecular complexity index is 1490. The molecule has 6 rings (SSSR count). The fraction of sp³-hybridized carbons (Fsp3) is 0.438. The maximum absolute atomic E-state index is 13.9. The molecular formula is C32H37N3O5S. The van der Waals surface area contributed by atoms with E-state index in [2.05, 4.69) is 29.1 Å². The first-order chi connectivity index (χ1) is 20.0. The van der Waals surface area contributed by atoms with E-state index in [0.717, 1.165) is 65.2 Å². The van der Waals surface area contributed by atoms with Gasteiger partial charge < -0.3 is 24.0 Å². The summed E-state index contributed by atoms with van der Waals surface area (Å²) in [6, 6.07) is 14.8. The second kappa shape index (κ2) is 12.2. The number of aromatic hydroxyl groups is 1. The quantitative estimate of drug-likeness (QED) is 0.223. The maximum Gasteiger partial charge on any atom is 0.255 e. The molecule has 216 valence electrons. The lowest BCUT2D eigenvalue weighted by atomic mass is 9.92. The number of benzene rings is 2. The number of aromatic nitrogens is 1. The molecule has 2 aliphatic rings. The number of hydrogen-bond donors (Lipinski definition) is 1. The smallest absolute Gasteiger partial charge is 0.255 e. The Kier molecular flexibility index (Phi) is 8.27. The van der Waals surface area contributed by atoms with Gasteiger partial charge in [-0.25, -0.2) is 0 Å². The topological polar surface area (TPSA) is 88.3 Å². The number of nitrogens with zero attached hydrogens (tertiary/aromatic N) is 3. The highest BCUT2D eigenvalue weighted by Crippen LogP contribution is 2.42. The van der Waals surface area contributed by atoms with Crippen LogP contribution < -0.4 is 9.47 Å². The molecule has 0 unspecified atom stereocenters. The molecule has 2 aromatic heterocycles. The van der Waals surface area contributed by atoms with Crippen molar-refractivity contribution in [3.63, 3.8) is 0 Å². The fourth-order valence-corrected chi connectivity index (χ4v) is 7.26. The summed E-state index contributed by atoms with van der Waals surface area (Å²) in [7, 11) is 4.14. The van der Waals surface area contributed by atoms with Crippen LogP contribution in [0.2, 0.25) is 0 Å². The molecule has 2 aromatic carbocycles. The Morgan fingerprint density at radius 1 is 1.07 bits per heavy atom. The van der Waals surface area contributed by atoms with Crippen LogP contribution in [0.3, 0.4) is 0 Å². The lowest BCUT2D eigenvalue weighted by Crippen LogP contribution is -2.44. The maximum atomic E-state index is 13.9. The van der Waals surface area contributed by atoms with E-state index in [1.165, 1.54) is 30.6 Å². The minimum atomic E-state index is -0.266. The van der Waals surface area contributed by atoms with Gasteiger partial charge in [0.1, 0.15) is 24.2 Å².